The molecule has 0 fully saturated rings. The summed E-state index contributed by atoms with van der Waals surface area (Å²) in [5.41, 5.74) is 25.4. The lowest BCUT2D eigenvalue weighted by Gasteiger charge is -2.44. The zero-order chi connectivity index (χ0) is 52.8. The van der Waals surface area contributed by atoms with Crippen molar-refractivity contribution in [2.75, 3.05) is 9.80 Å². The van der Waals surface area contributed by atoms with Gasteiger partial charge in [0.05, 0.1) is 0 Å². The van der Waals surface area contributed by atoms with Crippen LogP contribution in [0.5, 0.6) is 0 Å². The van der Waals surface area contributed by atoms with Crippen molar-refractivity contribution in [2.24, 2.45) is 0 Å². The van der Waals surface area contributed by atoms with E-state index < -0.39 is 0 Å². The van der Waals surface area contributed by atoms with Gasteiger partial charge in [-0.1, -0.05) is 201 Å². The molecule has 0 bridgehead atoms. The van der Waals surface area contributed by atoms with Crippen molar-refractivity contribution < 1.29 is 0 Å². The first-order valence-electron chi connectivity index (χ1n) is 28.0. The van der Waals surface area contributed by atoms with E-state index in [1.165, 1.54) is 132 Å². The molecule has 0 unspecified atom stereocenters. The highest BCUT2D eigenvalue weighted by Crippen LogP contribution is 2.63. The minimum absolute atomic E-state index is 0.230. The van der Waals surface area contributed by atoms with E-state index in [9.17, 15) is 0 Å². The first-order valence-corrected chi connectivity index (χ1v) is 28.0. The van der Waals surface area contributed by atoms with Crippen LogP contribution in [-0.4, -0.2) is 0 Å². The van der Waals surface area contributed by atoms with E-state index in [1.807, 2.05) is 0 Å². The number of benzene rings is 12. The zero-order valence-corrected chi connectivity index (χ0v) is 45.7. The van der Waals surface area contributed by atoms with E-state index >= 15 is 0 Å². The van der Waals surface area contributed by atoms with Gasteiger partial charge in [-0.3, -0.25) is 0 Å². The van der Waals surface area contributed by atoms with Crippen molar-refractivity contribution in [2.45, 2.75) is 77.0 Å². The van der Waals surface area contributed by atoms with Gasteiger partial charge in [0.2, 0.25) is 0 Å². The van der Waals surface area contributed by atoms with Crippen LogP contribution in [0.25, 0.3) is 76.5 Å². The maximum absolute atomic E-state index is 2.50. The molecular weight excluding hydrogens is 941 g/mol. The largest absolute Gasteiger partial charge is 0.310 e. The summed E-state index contributed by atoms with van der Waals surface area (Å²) < 4.78 is 0. The molecule has 12 aromatic rings. The quantitative estimate of drug-likeness (QED) is 0.157. The fraction of sp³-hybridized carbons (Fsp3) is 0.158. The van der Waals surface area contributed by atoms with Gasteiger partial charge in [-0.15, -0.1) is 0 Å². The molecule has 0 aromatic heterocycles. The highest BCUT2D eigenvalue weighted by atomic mass is 15.1. The second-order valence-corrected chi connectivity index (χ2v) is 24.8. The van der Waals surface area contributed by atoms with Crippen molar-refractivity contribution in [1.29, 1.82) is 0 Å². The Morgan fingerprint density at radius 1 is 0.231 bits per heavy atom. The maximum Gasteiger partial charge on any atom is 0.0471 e. The minimum Gasteiger partial charge on any atom is -0.310 e. The van der Waals surface area contributed by atoms with Gasteiger partial charge >= 0.3 is 0 Å². The van der Waals surface area contributed by atoms with Gasteiger partial charge in [-0.25, -0.2) is 0 Å². The molecule has 0 N–H and O–H groups in total. The van der Waals surface area contributed by atoms with Gasteiger partial charge in [-0.2, -0.15) is 0 Å². The molecule has 374 valence electrons. The molecule has 0 saturated heterocycles. The molecule has 0 heterocycles. The highest BCUT2D eigenvalue weighted by molar-refractivity contribution is 6.22. The summed E-state index contributed by atoms with van der Waals surface area (Å²) in [5.74, 6) is 0. The van der Waals surface area contributed by atoms with Crippen LogP contribution in [0.1, 0.15) is 99.9 Å². The third-order valence-electron chi connectivity index (χ3n) is 19.3. The molecule has 4 aliphatic rings. The van der Waals surface area contributed by atoms with E-state index in [2.05, 4.69) is 284 Å². The summed E-state index contributed by atoms with van der Waals surface area (Å²) in [7, 11) is 0. The van der Waals surface area contributed by atoms with Crippen LogP contribution in [0.4, 0.5) is 34.1 Å². The van der Waals surface area contributed by atoms with Crippen LogP contribution < -0.4 is 9.80 Å². The Labute approximate surface area is 457 Å². The molecule has 12 aromatic carbocycles. The van der Waals surface area contributed by atoms with Crippen molar-refractivity contribution in [1.82, 2.24) is 0 Å². The lowest BCUT2D eigenvalue weighted by Crippen LogP contribution is -2.30. The monoisotopic (exact) mass is 1000 g/mol. The van der Waals surface area contributed by atoms with Crippen molar-refractivity contribution in [3.63, 3.8) is 0 Å². The summed E-state index contributed by atoms with van der Waals surface area (Å²) in [6, 6.07) is 82.8. The second-order valence-electron chi connectivity index (χ2n) is 24.8. The first-order chi connectivity index (χ1) is 37.7. The van der Waals surface area contributed by atoms with Crippen LogP contribution in [0.3, 0.4) is 0 Å². The summed E-state index contributed by atoms with van der Waals surface area (Å²) in [5, 5.41) is 10.8. The molecule has 4 aliphatic carbocycles. The number of nitrogens with zero attached hydrogens (tertiary/aromatic N) is 2. The molecule has 78 heavy (non-hydrogen) atoms. The predicted molar refractivity (Wildman–Crippen MR) is 331 cm³/mol. The topological polar surface area (TPSA) is 6.48 Å². The van der Waals surface area contributed by atoms with Crippen molar-refractivity contribution >= 4 is 77.2 Å². The standard InChI is InChI=1S/C76H60N2/c1-73(2)57-37-31-53(55-33-39-61-71(67(55)57)69-59(73)35-29-45-41-51(43-63(65(45)69)75(61,5)6)77(47-21-13-9-14-22-47)48-23-15-10-16-24-48)54-32-38-58-68-56(54)34-40-62-72(68)70-60(74(58,3)4)36-30-46-42-52(44-64(66(46)70)76(62,7)8)78(49-25-17-11-18-26-49)50-27-19-12-20-28-50/h9-44H,1-8H3. The number of para-hydroxylation sites is 4. The fourth-order valence-electron chi connectivity index (χ4n) is 15.5. The van der Waals surface area contributed by atoms with Crippen LogP contribution in [0.15, 0.2) is 218 Å². The Hall–Kier alpha value is -8.72. The van der Waals surface area contributed by atoms with Gasteiger partial charge in [0.25, 0.3) is 0 Å². The average Bonchev–Trinajstić information content (AvgIpc) is 3.59. The molecule has 0 aliphatic heterocycles. The van der Waals surface area contributed by atoms with Crippen LogP contribution in [0, 0.1) is 0 Å². The van der Waals surface area contributed by atoms with E-state index in [1.54, 1.807) is 0 Å². The van der Waals surface area contributed by atoms with Crippen molar-refractivity contribution in [3.8, 4) is 33.4 Å². The highest BCUT2D eigenvalue weighted by Gasteiger charge is 2.45. The summed E-state index contributed by atoms with van der Waals surface area (Å²) in [4.78, 5) is 4.85. The molecule has 2 heteroatoms. The van der Waals surface area contributed by atoms with E-state index in [4.69, 9.17) is 0 Å². The van der Waals surface area contributed by atoms with Gasteiger partial charge in [0, 0.05) is 55.8 Å². The Kier molecular flexibility index (Phi) is 9.03. The molecule has 0 spiro atoms. The lowest BCUT2D eigenvalue weighted by atomic mass is 9.59. The number of hydrogen-bond acceptors (Lipinski definition) is 2. The Balaban J connectivity index is 0.921. The van der Waals surface area contributed by atoms with E-state index in [-0.39, 0.29) is 21.7 Å². The van der Waals surface area contributed by atoms with Crippen LogP contribution in [-0.2, 0) is 21.7 Å². The summed E-state index contributed by atoms with van der Waals surface area (Å²) >= 11 is 0. The summed E-state index contributed by atoms with van der Waals surface area (Å²) in [6.07, 6.45) is 0. The molecule has 0 radical (unpaired) electrons. The molecule has 2 nitrogen and oxygen atoms in total. The zero-order valence-electron chi connectivity index (χ0n) is 45.7. The SMILES string of the molecule is CC1(C)c2ccc3c(-c4ccc5c6c7c(ccc46)C(C)(C)c4cc(N(c6ccccc6)c6ccccc6)cc6ccc(c-7c46)C5(C)C)ccc4c3c2-c2c(ccc3cc(N(c5ccccc5)c5ccccc5)cc1c23)C4(C)C. The third-order valence-corrected chi connectivity index (χ3v) is 19.3. The molecule has 16 rings (SSSR count). The fourth-order valence-corrected chi connectivity index (χ4v) is 15.5. The average molecular weight is 1000 g/mol. The Bertz CT molecular complexity index is 4210. The van der Waals surface area contributed by atoms with Crippen molar-refractivity contribution in [3.05, 3.63) is 263 Å². The number of rotatable bonds is 7. The smallest absolute Gasteiger partial charge is 0.0471 e. The third kappa shape index (κ3) is 5.82. The Morgan fingerprint density at radius 2 is 0.513 bits per heavy atom. The summed E-state index contributed by atoms with van der Waals surface area (Å²) in [6.45, 7) is 19.7. The molecular formula is C76H60N2. The number of anilines is 6. The predicted octanol–water partition coefficient (Wildman–Crippen LogP) is 20.8. The first kappa shape index (κ1) is 45.5. The molecule has 0 amide bonds. The van der Waals surface area contributed by atoms with E-state index in [0.717, 1.165) is 22.7 Å². The maximum atomic E-state index is 2.50. The molecule has 0 saturated carbocycles. The Morgan fingerprint density at radius 3 is 0.846 bits per heavy atom. The van der Waals surface area contributed by atoms with Gasteiger partial charge in [0.1, 0.15) is 0 Å². The lowest BCUT2D eigenvalue weighted by molar-refractivity contribution is 0.627. The second kappa shape index (κ2) is 15.5. The number of hydrogen-bond donors (Lipinski definition) is 0. The minimum atomic E-state index is -0.281. The van der Waals surface area contributed by atoms with Gasteiger partial charge in [-0.05, 0) is 194 Å². The van der Waals surface area contributed by atoms with E-state index in [0.29, 0.717) is 0 Å². The van der Waals surface area contributed by atoms with Crippen LogP contribution >= 0.6 is 0 Å². The van der Waals surface area contributed by atoms with Gasteiger partial charge < -0.3 is 9.80 Å². The van der Waals surface area contributed by atoms with Crippen LogP contribution in [0.2, 0.25) is 0 Å². The molecule has 0 atom stereocenters. The normalized spacial score (nSPS) is 15.8. The van der Waals surface area contributed by atoms with Gasteiger partial charge in [0.15, 0.2) is 0 Å².